The molecule has 4 nitrogen and oxygen atoms in total. The minimum atomic E-state index is -0.514. The molecule has 0 unspecified atom stereocenters. The van der Waals surface area contributed by atoms with Gasteiger partial charge in [-0.25, -0.2) is 9.67 Å². The van der Waals surface area contributed by atoms with Crippen LogP contribution in [0.15, 0.2) is 24.3 Å². The molecule has 0 amide bonds. The first-order valence-corrected chi connectivity index (χ1v) is 6.39. The highest BCUT2D eigenvalue weighted by Gasteiger charge is 2.14. The first-order valence-electron chi connectivity index (χ1n) is 6.39. The van der Waals surface area contributed by atoms with E-state index in [1.165, 1.54) is 0 Å². The molecule has 0 bridgehead atoms. The highest BCUT2D eigenvalue weighted by molar-refractivity contribution is 5.42. The summed E-state index contributed by atoms with van der Waals surface area (Å²) in [6, 6.07) is 7.77. The van der Waals surface area contributed by atoms with Crippen LogP contribution in [0, 0.1) is 0 Å². The SMILES string of the molecule is CCc1nc(CC)n(-c2ccccc2[C@H](C)O)n1. The third kappa shape index (κ3) is 2.29. The third-order valence-corrected chi connectivity index (χ3v) is 2.97. The van der Waals surface area contributed by atoms with Crippen LogP contribution in [0.1, 0.15) is 44.1 Å². The fourth-order valence-electron chi connectivity index (χ4n) is 2.00. The third-order valence-electron chi connectivity index (χ3n) is 2.97. The lowest BCUT2D eigenvalue weighted by Crippen LogP contribution is -2.07. The van der Waals surface area contributed by atoms with E-state index in [1.807, 2.05) is 35.9 Å². The van der Waals surface area contributed by atoms with Gasteiger partial charge in [-0.1, -0.05) is 32.0 Å². The molecule has 0 spiro atoms. The highest BCUT2D eigenvalue weighted by atomic mass is 16.3. The molecule has 96 valence electrons. The van der Waals surface area contributed by atoms with Crippen LogP contribution < -0.4 is 0 Å². The van der Waals surface area contributed by atoms with E-state index in [1.54, 1.807) is 6.92 Å². The summed E-state index contributed by atoms with van der Waals surface area (Å²) in [6.45, 7) is 5.87. The molecule has 0 saturated carbocycles. The Kier molecular flexibility index (Phi) is 3.77. The molecule has 2 aromatic rings. The van der Waals surface area contributed by atoms with Gasteiger partial charge in [-0.15, -0.1) is 0 Å². The van der Waals surface area contributed by atoms with Crippen molar-refractivity contribution in [2.75, 3.05) is 0 Å². The number of hydrogen-bond acceptors (Lipinski definition) is 3. The topological polar surface area (TPSA) is 50.9 Å². The maximum absolute atomic E-state index is 9.83. The smallest absolute Gasteiger partial charge is 0.151 e. The van der Waals surface area contributed by atoms with Crippen LogP contribution in [0.5, 0.6) is 0 Å². The maximum atomic E-state index is 9.83. The summed E-state index contributed by atoms with van der Waals surface area (Å²) in [5.41, 5.74) is 1.79. The molecule has 1 aromatic carbocycles. The summed E-state index contributed by atoms with van der Waals surface area (Å²) in [5, 5.41) is 14.3. The van der Waals surface area contributed by atoms with E-state index in [2.05, 4.69) is 17.0 Å². The van der Waals surface area contributed by atoms with Gasteiger partial charge in [0.15, 0.2) is 5.82 Å². The van der Waals surface area contributed by atoms with Crippen LogP contribution in [-0.4, -0.2) is 19.9 Å². The summed E-state index contributed by atoms with van der Waals surface area (Å²) < 4.78 is 1.85. The summed E-state index contributed by atoms with van der Waals surface area (Å²) in [6.07, 6.45) is 1.12. The Bertz CT molecular complexity index is 532. The Hall–Kier alpha value is -1.68. The normalized spacial score (nSPS) is 12.7. The first kappa shape index (κ1) is 12.8. The molecule has 0 aliphatic rings. The van der Waals surface area contributed by atoms with Crippen molar-refractivity contribution in [2.24, 2.45) is 0 Å². The molecule has 1 atom stereocenters. The van der Waals surface area contributed by atoms with Crippen LogP contribution in [0.2, 0.25) is 0 Å². The van der Waals surface area contributed by atoms with Crippen LogP contribution in [-0.2, 0) is 12.8 Å². The molecule has 1 aromatic heterocycles. The number of benzene rings is 1. The van der Waals surface area contributed by atoms with Gasteiger partial charge in [0.2, 0.25) is 0 Å². The molecule has 0 aliphatic carbocycles. The lowest BCUT2D eigenvalue weighted by molar-refractivity contribution is 0.199. The molecule has 2 rings (SSSR count). The zero-order valence-corrected chi connectivity index (χ0v) is 11.1. The fourth-order valence-corrected chi connectivity index (χ4v) is 2.00. The molecule has 0 fully saturated rings. The van der Waals surface area contributed by atoms with Gasteiger partial charge in [-0.2, -0.15) is 5.10 Å². The predicted molar refractivity (Wildman–Crippen MR) is 70.7 cm³/mol. The minimum absolute atomic E-state index is 0.514. The standard InChI is InChI=1S/C14H19N3O/c1-4-13-15-14(5-2)17(16-13)12-9-7-6-8-11(12)10(3)18/h6-10,18H,4-5H2,1-3H3/t10-/m0/s1. The molecule has 0 saturated heterocycles. The van der Waals surface area contributed by atoms with Gasteiger partial charge in [0.1, 0.15) is 5.82 Å². The second kappa shape index (κ2) is 5.31. The van der Waals surface area contributed by atoms with Gasteiger partial charge in [0.25, 0.3) is 0 Å². The largest absolute Gasteiger partial charge is 0.389 e. The van der Waals surface area contributed by atoms with Crippen molar-refractivity contribution in [3.63, 3.8) is 0 Å². The van der Waals surface area contributed by atoms with Crippen molar-refractivity contribution in [2.45, 2.75) is 39.7 Å². The van der Waals surface area contributed by atoms with E-state index in [-0.39, 0.29) is 0 Å². The van der Waals surface area contributed by atoms with Crippen LogP contribution >= 0.6 is 0 Å². The van der Waals surface area contributed by atoms with Gasteiger partial charge in [0, 0.05) is 18.4 Å². The van der Waals surface area contributed by atoms with Crippen molar-refractivity contribution >= 4 is 0 Å². The van der Waals surface area contributed by atoms with Gasteiger partial charge >= 0.3 is 0 Å². The van der Waals surface area contributed by atoms with Gasteiger partial charge in [-0.3, -0.25) is 0 Å². The zero-order chi connectivity index (χ0) is 13.1. The number of aliphatic hydroxyl groups is 1. The number of aromatic nitrogens is 3. The Morgan fingerprint density at radius 1 is 1.22 bits per heavy atom. The predicted octanol–water partition coefficient (Wildman–Crippen LogP) is 2.45. The van der Waals surface area contributed by atoms with Gasteiger partial charge in [-0.05, 0) is 13.0 Å². The number of aliphatic hydroxyl groups excluding tert-OH is 1. The van der Waals surface area contributed by atoms with Crippen molar-refractivity contribution in [3.05, 3.63) is 41.5 Å². The summed E-state index contributed by atoms with van der Waals surface area (Å²) in [5.74, 6) is 1.77. The van der Waals surface area contributed by atoms with E-state index in [4.69, 9.17) is 0 Å². The highest BCUT2D eigenvalue weighted by Crippen LogP contribution is 2.22. The summed E-state index contributed by atoms with van der Waals surface area (Å²) in [7, 11) is 0. The minimum Gasteiger partial charge on any atom is -0.389 e. The first-order chi connectivity index (χ1) is 8.67. The van der Waals surface area contributed by atoms with Crippen LogP contribution in [0.3, 0.4) is 0 Å². The van der Waals surface area contributed by atoms with Crippen molar-refractivity contribution in [1.82, 2.24) is 14.8 Å². The molecule has 0 radical (unpaired) electrons. The number of para-hydroxylation sites is 1. The van der Waals surface area contributed by atoms with E-state index in [0.29, 0.717) is 0 Å². The fraction of sp³-hybridized carbons (Fsp3) is 0.429. The zero-order valence-electron chi connectivity index (χ0n) is 11.1. The molecule has 0 aliphatic heterocycles. The van der Waals surface area contributed by atoms with Gasteiger partial charge in [0.05, 0.1) is 11.8 Å². The van der Waals surface area contributed by atoms with E-state index < -0.39 is 6.10 Å². The number of hydrogen-bond donors (Lipinski definition) is 1. The van der Waals surface area contributed by atoms with Crippen molar-refractivity contribution in [1.29, 1.82) is 0 Å². The second-order valence-electron chi connectivity index (χ2n) is 4.30. The van der Waals surface area contributed by atoms with Crippen LogP contribution in [0.4, 0.5) is 0 Å². The maximum Gasteiger partial charge on any atom is 0.151 e. The molecule has 18 heavy (non-hydrogen) atoms. The number of aryl methyl sites for hydroxylation is 2. The van der Waals surface area contributed by atoms with Crippen LogP contribution in [0.25, 0.3) is 5.69 Å². The molecule has 1 heterocycles. The Morgan fingerprint density at radius 2 is 1.94 bits per heavy atom. The Morgan fingerprint density at radius 3 is 2.56 bits per heavy atom. The van der Waals surface area contributed by atoms with E-state index >= 15 is 0 Å². The number of rotatable bonds is 4. The quantitative estimate of drug-likeness (QED) is 0.900. The molecule has 4 heteroatoms. The summed E-state index contributed by atoms with van der Waals surface area (Å²) >= 11 is 0. The average Bonchev–Trinajstić information content (AvgIpc) is 2.81. The van der Waals surface area contributed by atoms with Gasteiger partial charge < -0.3 is 5.11 Å². The summed E-state index contributed by atoms with van der Waals surface area (Å²) in [4.78, 5) is 4.49. The molecule has 1 N–H and O–H groups in total. The lowest BCUT2D eigenvalue weighted by atomic mass is 10.1. The molecular weight excluding hydrogens is 226 g/mol. The number of nitrogens with zero attached hydrogens (tertiary/aromatic N) is 3. The Labute approximate surface area is 107 Å². The average molecular weight is 245 g/mol. The van der Waals surface area contributed by atoms with Crippen molar-refractivity contribution in [3.8, 4) is 5.69 Å². The van der Waals surface area contributed by atoms with Crippen molar-refractivity contribution < 1.29 is 5.11 Å². The second-order valence-corrected chi connectivity index (χ2v) is 4.30. The monoisotopic (exact) mass is 245 g/mol. The Balaban J connectivity index is 2.57. The lowest BCUT2D eigenvalue weighted by Gasteiger charge is -2.12. The van der Waals surface area contributed by atoms with E-state index in [0.717, 1.165) is 35.7 Å². The van der Waals surface area contributed by atoms with E-state index in [9.17, 15) is 5.11 Å². The molecular formula is C14H19N3O.